The number of primary sulfonamides is 1. The molecule has 0 saturated heterocycles. The van der Waals surface area contributed by atoms with E-state index in [9.17, 15) is 8.42 Å². The summed E-state index contributed by atoms with van der Waals surface area (Å²) >= 11 is 0. The van der Waals surface area contributed by atoms with Gasteiger partial charge in [0.1, 0.15) is 0 Å². The molecule has 1 fully saturated rings. The molecular formula is C13H27NO3S. The number of rotatable bonds is 6. The summed E-state index contributed by atoms with van der Waals surface area (Å²) in [5.74, 6) is 0.621. The topological polar surface area (TPSA) is 69.4 Å². The normalized spacial score (nSPS) is 20.2. The second kappa shape index (κ2) is 6.35. The van der Waals surface area contributed by atoms with Crippen LogP contribution < -0.4 is 5.14 Å². The average molecular weight is 277 g/mol. The van der Waals surface area contributed by atoms with Crippen LogP contribution in [0.2, 0.25) is 0 Å². The van der Waals surface area contributed by atoms with Crippen molar-refractivity contribution in [3.8, 4) is 0 Å². The van der Waals surface area contributed by atoms with Gasteiger partial charge >= 0.3 is 0 Å². The lowest BCUT2D eigenvalue weighted by Gasteiger charge is -2.30. The zero-order chi connectivity index (χ0) is 13.8. The quantitative estimate of drug-likeness (QED) is 0.808. The molecule has 0 aromatic heterocycles. The third-order valence-corrected chi connectivity index (χ3v) is 4.67. The van der Waals surface area contributed by atoms with E-state index in [2.05, 4.69) is 0 Å². The molecule has 2 N–H and O–H groups in total. The van der Waals surface area contributed by atoms with E-state index in [4.69, 9.17) is 9.88 Å². The van der Waals surface area contributed by atoms with Gasteiger partial charge in [-0.05, 0) is 24.2 Å². The van der Waals surface area contributed by atoms with E-state index in [1.165, 1.54) is 25.7 Å². The van der Waals surface area contributed by atoms with Crippen LogP contribution in [0.5, 0.6) is 0 Å². The minimum Gasteiger partial charge on any atom is -0.381 e. The molecule has 1 atom stereocenters. The highest BCUT2D eigenvalue weighted by Gasteiger charge is 2.29. The second-order valence-corrected chi connectivity index (χ2v) is 8.24. The molecule has 0 aliphatic heterocycles. The fourth-order valence-electron chi connectivity index (χ4n) is 2.38. The first-order chi connectivity index (χ1) is 8.18. The smallest absolute Gasteiger partial charge is 0.209 e. The summed E-state index contributed by atoms with van der Waals surface area (Å²) in [6.45, 7) is 7.33. The molecule has 1 aliphatic carbocycles. The Balaban J connectivity index is 2.41. The molecule has 0 heterocycles. The van der Waals surface area contributed by atoms with Gasteiger partial charge in [-0.1, -0.05) is 33.6 Å². The first-order valence-corrected chi connectivity index (χ1v) is 8.48. The zero-order valence-corrected chi connectivity index (χ0v) is 12.6. The molecule has 1 aliphatic rings. The predicted molar refractivity (Wildman–Crippen MR) is 73.7 cm³/mol. The highest BCUT2D eigenvalue weighted by atomic mass is 32.2. The van der Waals surface area contributed by atoms with Crippen LogP contribution in [-0.2, 0) is 14.8 Å². The SMILES string of the molecule is CC(C)(C)C(COCC1CCCC1)CS(N)(=O)=O. The van der Waals surface area contributed by atoms with Gasteiger partial charge in [0.2, 0.25) is 10.0 Å². The molecule has 1 unspecified atom stereocenters. The minimum atomic E-state index is -3.44. The molecule has 0 bridgehead atoms. The molecule has 5 heteroatoms. The van der Waals surface area contributed by atoms with Crippen LogP contribution in [0.3, 0.4) is 0 Å². The van der Waals surface area contributed by atoms with Gasteiger partial charge in [-0.2, -0.15) is 0 Å². The summed E-state index contributed by atoms with van der Waals surface area (Å²) in [5, 5.41) is 5.14. The van der Waals surface area contributed by atoms with Gasteiger partial charge in [-0.15, -0.1) is 0 Å². The number of nitrogens with two attached hydrogens (primary N) is 1. The largest absolute Gasteiger partial charge is 0.381 e. The van der Waals surface area contributed by atoms with Crippen molar-refractivity contribution < 1.29 is 13.2 Å². The van der Waals surface area contributed by atoms with Crippen molar-refractivity contribution in [3.05, 3.63) is 0 Å². The van der Waals surface area contributed by atoms with E-state index in [0.29, 0.717) is 12.5 Å². The highest BCUT2D eigenvalue weighted by molar-refractivity contribution is 7.89. The van der Waals surface area contributed by atoms with E-state index in [-0.39, 0.29) is 17.1 Å². The monoisotopic (exact) mass is 277 g/mol. The van der Waals surface area contributed by atoms with Crippen molar-refractivity contribution in [1.82, 2.24) is 0 Å². The molecule has 4 nitrogen and oxygen atoms in total. The third kappa shape index (κ3) is 6.16. The van der Waals surface area contributed by atoms with Gasteiger partial charge in [0, 0.05) is 12.5 Å². The summed E-state index contributed by atoms with van der Waals surface area (Å²) in [6.07, 6.45) is 5.09. The Morgan fingerprint density at radius 1 is 1.28 bits per heavy atom. The molecule has 108 valence electrons. The highest BCUT2D eigenvalue weighted by Crippen LogP contribution is 2.29. The summed E-state index contributed by atoms with van der Waals surface area (Å²) in [7, 11) is -3.44. The second-order valence-electron chi connectivity index (χ2n) is 6.58. The Labute approximate surface area is 111 Å². The van der Waals surface area contributed by atoms with E-state index >= 15 is 0 Å². The summed E-state index contributed by atoms with van der Waals surface area (Å²) in [5.41, 5.74) is -0.109. The number of hydrogen-bond donors (Lipinski definition) is 1. The average Bonchev–Trinajstić information content (AvgIpc) is 2.65. The zero-order valence-electron chi connectivity index (χ0n) is 11.8. The maximum Gasteiger partial charge on any atom is 0.209 e. The lowest BCUT2D eigenvalue weighted by atomic mass is 9.82. The molecule has 0 aromatic rings. The Bertz CT molecular complexity index is 340. The Morgan fingerprint density at radius 2 is 1.83 bits per heavy atom. The molecule has 0 radical (unpaired) electrons. The number of hydrogen-bond acceptors (Lipinski definition) is 3. The van der Waals surface area contributed by atoms with Gasteiger partial charge in [0.15, 0.2) is 0 Å². The first-order valence-electron chi connectivity index (χ1n) is 6.76. The summed E-state index contributed by atoms with van der Waals surface area (Å²) < 4.78 is 28.2. The fraction of sp³-hybridized carbons (Fsp3) is 1.00. The molecule has 0 aromatic carbocycles. The van der Waals surface area contributed by atoms with Gasteiger partial charge < -0.3 is 4.74 Å². The summed E-state index contributed by atoms with van der Waals surface area (Å²) in [6, 6.07) is 0. The molecular weight excluding hydrogens is 250 g/mol. The maximum atomic E-state index is 11.2. The van der Waals surface area contributed by atoms with E-state index in [1.54, 1.807) is 0 Å². The Hall–Kier alpha value is -0.130. The van der Waals surface area contributed by atoms with Crippen LogP contribution in [0, 0.1) is 17.3 Å². The van der Waals surface area contributed by atoms with Crippen LogP contribution in [0.15, 0.2) is 0 Å². The third-order valence-electron chi connectivity index (χ3n) is 3.81. The van der Waals surface area contributed by atoms with Crippen LogP contribution in [0.4, 0.5) is 0 Å². The van der Waals surface area contributed by atoms with Gasteiger partial charge in [-0.25, -0.2) is 13.6 Å². The van der Waals surface area contributed by atoms with Crippen molar-refractivity contribution in [2.75, 3.05) is 19.0 Å². The predicted octanol–water partition coefficient (Wildman–Crippen LogP) is 2.14. The first kappa shape index (κ1) is 15.9. The lowest BCUT2D eigenvalue weighted by molar-refractivity contribution is 0.0456. The van der Waals surface area contributed by atoms with Crippen molar-refractivity contribution in [3.63, 3.8) is 0 Å². The number of sulfonamides is 1. The van der Waals surface area contributed by atoms with Crippen LogP contribution >= 0.6 is 0 Å². The summed E-state index contributed by atoms with van der Waals surface area (Å²) in [4.78, 5) is 0. The van der Waals surface area contributed by atoms with Crippen LogP contribution in [0.1, 0.15) is 46.5 Å². The number of ether oxygens (including phenoxy) is 1. The molecule has 18 heavy (non-hydrogen) atoms. The fourth-order valence-corrected chi connectivity index (χ4v) is 3.54. The maximum absolute atomic E-state index is 11.2. The Morgan fingerprint density at radius 3 is 2.28 bits per heavy atom. The van der Waals surface area contributed by atoms with E-state index in [1.807, 2.05) is 20.8 Å². The molecule has 1 saturated carbocycles. The van der Waals surface area contributed by atoms with Crippen molar-refractivity contribution in [2.24, 2.45) is 22.4 Å². The van der Waals surface area contributed by atoms with E-state index in [0.717, 1.165) is 6.61 Å². The Kier molecular flexibility index (Phi) is 5.62. The standard InChI is InChI=1S/C13H27NO3S/c1-13(2,3)12(10-18(14,15)16)9-17-8-11-6-4-5-7-11/h11-12H,4-10H2,1-3H3,(H2,14,15,16). The van der Waals surface area contributed by atoms with E-state index < -0.39 is 10.0 Å². The van der Waals surface area contributed by atoms with Gasteiger partial charge in [0.05, 0.1) is 12.4 Å². The van der Waals surface area contributed by atoms with Crippen molar-refractivity contribution in [2.45, 2.75) is 46.5 Å². The van der Waals surface area contributed by atoms with Gasteiger partial charge in [0.25, 0.3) is 0 Å². The lowest BCUT2D eigenvalue weighted by Crippen LogP contribution is -2.35. The van der Waals surface area contributed by atoms with Crippen molar-refractivity contribution in [1.29, 1.82) is 0 Å². The molecule has 0 spiro atoms. The molecule has 1 rings (SSSR count). The minimum absolute atomic E-state index is 0.00116. The molecule has 0 amide bonds. The van der Waals surface area contributed by atoms with Gasteiger partial charge in [-0.3, -0.25) is 0 Å². The van der Waals surface area contributed by atoms with Crippen LogP contribution in [-0.4, -0.2) is 27.4 Å². The van der Waals surface area contributed by atoms with Crippen molar-refractivity contribution >= 4 is 10.0 Å². The van der Waals surface area contributed by atoms with Crippen LogP contribution in [0.25, 0.3) is 0 Å².